The molecule has 0 saturated carbocycles. The lowest BCUT2D eigenvalue weighted by molar-refractivity contribution is 0.249. The largest absolute Gasteiger partial charge is 0.374 e. The number of anilines is 1. The van der Waals surface area contributed by atoms with Crippen molar-refractivity contribution in [2.45, 2.75) is 6.42 Å². The third kappa shape index (κ3) is 4.53. The van der Waals surface area contributed by atoms with Gasteiger partial charge in [-0.1, -0.05) is 12.1 Å². The Labute approximate surface area is 106 Å². The first-order chi connectivity index (χ1) is 8.63. The van der Waals surface area contributed by atoms with E-state index in [0.29, 0.717) is 13.0 Å². The van der Waals surface area contributed by atoms with Crippen molar-refractivity contribution in [2.75, 3.05) is 18.5 Å². The number of nitriles is 1. The van der Waals surface area contributed by atoms with Crippen LogP contribution in [0.25, 0.3) is 0 Å². The molecule has 0 spiro atoms. The van der Waals surface area contributed by atoms with Crippen LogP contribution in [-0.2, 0) is 0 Å². The van der Waals surface area contributed by atoms with E-state index in [9.17, 15) is 4.79 Å². The van der Waals surface area contributed by atoms with Gasteiger partial charge in [0.2, 0.25) is 0 Å². The van der Waals surface area contributed by atoms with Gasteiger partial charge in [-0.3, -0.25) is 0 Å². The molecule has 0 atom stereocenters. The second-order valence-corrected chi connectivity index (χ2v) is 3.66. The van der Waals surface area contributed by atoms with E-state index in [2.05, 4.69) is 16.6 Å². The minimum absolute atomic E-state index is 0.488. The number of hydrogen-bond donors (Lipinski definition) is 2. The third-order valence-corrected chi connectivity index (χ3v) is 2.28. The molecule has 0 saturated heterocycles. The number of benzene rings is 1. The molecule has 0 aromatic heterocycles. The van der Waals surface area contributed by atoms with Gasteiger partial charge >= 0.3 is 6.03 Å². The zero-order chi connectivity index (χ0) is 13.4. The molecule has 0 unspecified atom stereocenters. The van der Waals surface area contributed by atoms with Gasteiger partial charge in [0.05, 0.1) is 18.7 Å². The van der Waals surface area contributed by atoms with Gasteiger partial charge in [-0.05, 0) is 17.7 Å². The van der Waals surface area contributed by atoms with E-state index >= 15 is 0 Å². The monoisotopic (exact) mass is 245 g/mol. The number of urea groups is 1. The van der Waals surface area contributed by atoms with Crippen molar-refractivity contribution in [3.05, 3.63) is 29.8 Å². The molecule has 0 radical (unpaired) electrons. The molecule has 0 aliphatic rings. The Morgan fingerprint density at radius 2 is 2.22 bits per heavy atom. The number of rotatable bonds is 5. The summed E-state index contributed by atoms with van der Waals surface area (Å²) in [6.07, 6.45) is 1.99. The van der Waals surface area contributed by atoms with Gasteiger partial charge in [0, 0.05) is 19.3 Å². The van der Waals surface area contributed by atoms with Crippen molar-refractivity contribution >= 4 is 17.9 Å². The van der Waals surface area contributed by atoms with Crippen LogP contribution in [0.15, 0.2) is 29.4 Å². The number of primary amides is 1. The summed E-state index contributed by atoms with van der Waals surface area (Å²) >= 11 is 0. The van der Waals surface area contributed by atoms with Gasteiger partial charge in [0.1, 0.15) is 0 Å². The van der Waals surface area contributed by atoms with Crippen LogP contribution in [-0.4, -0.2) is 25.8 Å². The maximum absolute atomic E-state index is 10.4. The lowest BCUT2D eigenvalue weighted by Gasteiger charge is -2.17. The number of carbonyl (C=O) groups is 1. The van der Waals surface area contributed by atoms with Crippen LogP contribution in [0.5, 0.6) is 0 Å². The van der Waals surface area contributed by atoms with Gasteiger partial charge in [-0.25, -0.2) is 10.2 Å². The number of amides is 2. The van der Waals surface area contributed by atoms with E-state index in [4.69, 9.17) is 11.0 Å². The maximum atomic E-state index is 10.4. The third-order valence-electron chi connectivity index (χ3n) is 2.28. The highest BCUT2D eigenvalue weighted by Gasteiger charge is 1.99. The van der Waals surface area contributed by atoms with Crippen molar-refractivity contribution in [2.24, 2.45) is 10.8 Å². The fraction of sp³-hybridized carbons (Fsp3) is 0.250. The van der Waals surface area contributed by atoms with E-state index < -0.39 is 6.03 Å². The van der Waals surface area contributed by atoms with E-state index in [-0.39, 0.29) is 0 Å². The molecule has 6 heteroatoms. The van der Waals surface area contributed by atoms with Gasteiger partial charge in [-0.15, -0.1) is 0 Å². The number of nitrogens with one attached hydrogen (secondary N) is 1. The number of carbonyl (C=O) groups excluding carboxylic acids is 1. The summed E-state index contributed by atoms with van der Waals surface area (Å²) in [6.45, 7) is 0.688. The van der Waals surface area contributed by atoms with Crippen molar-refractivity contribution in [1.82, 2.24) is 5.43 Å². The first kappa shape index (κ1) is 13.5. The zero-order valence-electron chi connectivity index (χ0n) is 10.1. The molecule has 0 heterocycles. The average Bonchev–Trinajstić information content (AvgIpc) is 2.36. The van der Waals surface area contributed by atoms with Crippen molar-refractivity contribution in [1.29, 1.82) is 5.26 Å². The van der Waals surface area contributed by atoms with Gasteiger partial charge in [-0.2, -0.15) is 10.4 Å². The molecule has 94 valence electrons. The van der Waals surface area contributed by atoms with E-state index in [1.807, 2.05) is 36.2 Å². The second-order valence-electron chi connectivity index (χ2n) is 3.66. The van der Waals surface area contributed by atoms with Crippen LogP contribution in [0, 0.1) is 11.3 Å². The molecule has 0 bridgehead atoms. The highest BCUT2D eigenvalue weighted by molar-refractivity contribution is 5.82. The van der Waals surface area contributed by atoms with Crippen molar-refractivity contribution in [3.8, 4) is 6.07 Å². The predicted octanol–water partition coefficient (Wildman–Crippen LogP) is 1.04. The summed E-state index contributed by atoms with van der Waals surface area (Å²) in [4.78, 5) is 12.4. The molecule has 0 fully saturated rings. The molecule has 3 N–H and O–H groups in total. The Morgan fingerprint density at radius 1 is 1.56 bits per heavy atom. The van der Waals surface area contributed by atoms with Crippen LogP contribution in [0.1, 0.15) is 12.0 Å². The Hall–Kier alpha value is -2.55. The van der Waals surface area contributed by atoms with Crippen LogP contribution < -0.4 is 16.1 Å². The molecule has 0 aliphatic carbocycles. The first-order valence-corrected chi connectivity index (χ1v) is 5.40. The predicted molar refractivity (Wildman–Crippen MR) is 70.3 cm³/mol. The number of nitrogens with zero attached hydrogens (tertiary/aromatic N) is 3. The fourth-order valence-corrected chi connectivity index (χ4v) is 1.33. The van der Waals surface area contributed by atoms with Crippen LogP contribution in [0.2, 0.25) is 0 Å². The van der Waals surface area contributed by atoms with Gasteiger partial charge in [0.25, 0.3) is 0 Å². The molecule has 1 aromatic rings. The number of nitrogens with two attached hydrogens (primary N) is 1. The summed E-state index contributed by atoms with van der Waals surface area (Å²) in [7, 11) is 1.93. The van der Waals surface area contributed by atoms with E-state index in [0.717, 1.165) is 11.3 Å². The second kappa shape index (κ2) is 6.91. The Bertz CT molecular complexity index is 460. The molecule has 6 nitrogen and oxygen atoms in total. The average molecular weight is 245 g/mol. The highest BCUT2D eigenvalue weighted by Crippen LogP contribution is 2.13. The van der Waals surface area contributed by atoms with E-state index in [1.54, 1.807) is 0 Å². The lowest BCUT2D eigenvalue weighted by atomic mass is 10.2. The molecular formula is C12H15N5O. The van der Waals surface area contributed by atoms with Crippen LogP contribution >= 0.6 is 0 Å². The molecule has 1 rings (SSSR count). The minimum atomic E-state index is -0.695. The van der Waals surface area contributed by atoms with E-state index in [1.165, 1.54) is 6.21 Å². The normalized spacial score (nSPS) is 10.0. The number of hydrazone groups is 1. The molecule has 18 heavy (non-hydrogen) atoms. The molecule has 1 aromatic carbocycles. The van der Waals surface area contributed by atoms with Crippen molar-refractivity contribution in [3.63, 3.8) is 0 Å². The highest BCUT2D eigenvalue weighted by atomic mass is 16.2. The SMILES string of the molecule is CN(CCC#N)c1ccc(C=NNC(N)=O)cc1. The Morgan fingerprint density at radius 3 is 2.78 bits per heavy atom. The summed E-state index contributed by atoms with van der Waals surface area (Å²) in [5.41, 5.74) is 8.86. The Kier molecular flexibility index (Phi) is 5.19. The van der Waals surface area contributed by atoms with Gasteiger partial charge in [0.15, 0.2) is 0 Å². The standard InChI is InChI=1S/C12H15N5O/c1-17(8-2-7-13)11-5-3-10(4-6-11)9-15-16-12(14)18/h3-6,9H,2,8H2,1H3,(H3,14,16,18). The Balaban J connectivity index is 2.60. The maximum Gasteiger partial charge on any atom is 0.332 e. The van der Waals surface area contributed by atoms with Crippen LogP contribution in [0.3, 0.4) is 0 Å². The summed E-state index contributed by atoms with van der Waals surface area (Å²) in [6, 6.07) is 8.98. The summed E-state index contributed by atoms with van der Waals surface area (Å²) in [5, 5.41) is 12.2. The van der Waals surface area contributed by atoms with Crippen molar-refractivity contribution < 1.29 is 4.79 Å². The molecule has 0 aliphatic heterocycles. The van der Waals surface area contributed by atoms with Crippen LogP contribution in [0.4, 0.5) is 10.5 Å². The molecule has 2 amide bonds. The topological polar surface area (TPSA) is 94.5 Å². The number of hydrogen-bond acceptors (Lipinski definition) is 4. The summed E-state index contributed by atoms with van der Waals surface area (Å²) < 4.78 is 0. The lowest BCUT2D eigenvalue weighted by Crippen LogP contribution is -2.24. The summed E-state index contributed by atoms with van der Waals surface area (Å²) in [5.74, 6) is 0. The zero-order valence-corrected chi connectivity index (χ0v) is 10.1. The molecular weight excluding hydrogens is 230 g/mol. The quantitative estimate of drug-likeness (QED) is 0.599. The smallest absolute Gasteiger partial charge is 0.332 e. The minimum Gasteiger partial charge on any atom is -0.374 e. The first-order valence-electron chi connectivity index (χ1n) is 5.40. The van der Waals surface area contributed by atoms with Gasteiger partial charge < -0.3 is 10.6 Å². The fourth-order valence-electron chi connectivity index (χ4n) is 1.33.